The number of carbonyl (C=O) groups excluding carboxylic acids is 1. The van der Waals surface area contributed by atoms with Crippen LogP contribution < -0.4 is 11.1 Å². The van der Waals surface area contributed by atoms with E-state index in [0.717, 1.165) is 18.9 Å². The zero-order valence-corrected chi connectivity index (χ0v) is 11.3. The molecule has 2 saturated heterocycles. The number of amides is 1. The molecule has 0 aromatic rings. The maximum Gasteiger partial charge on any atom is 0.232 e. The first-order valence-corrected chi connectivity index (χ1v) is 6.91. The lowest BCUT2D eigenvalue weighted by Gasteiger charge is -2.38. The molecule has 0 aromatic carbocycles. The van der Waals surface area contributed by atoms with Crippen LogP contribution >= 0.6 is 0 Å². The second kappa shape index (κ2) is 5.99. The largest absolute Gasteiger partial charge is 0.379 e. The molecular formula is C13H25N3O2. The van der Waals surface area contributed by atoms with Gasteiger partial charge in [-0.05, 0) is 45.3 Å². The van der Waals surface area contributed by atoms with E-state index in [2.05, 4.69) is 17.3 Å². The van der Waals surface area contributed by atoms with Gasteiger partial charge in [0, 0.05) is 13.1 Å². The quantitative estimate of drug-likeness (QED) is 0.714. The molecule has 2 rings (SSSR count). The lowest BCUT2D eigenvalue weighted by atomic mass is 9.85. The highest BCUT2D eigenvalue weighted by atomic mass is 16.5. The van der Waals surface area contributed by atoms with Crippen molar-refractivity contribution in [2.24, 2.45) is 17.1 Å². The van der Waals surface area contributed by atoms with Gasteiger partial charge in [-0.15, -0.1) is 0 Å². The summed E-state index contributed by atoms with van der Waals surface area (Å²) in [5, 5.41) is 3.02. The summed E-state index contributed by atoms with van der Waals surface area (Å²) in [6.07, 6.45) is 3.58. The number of nitrogens with two attached hydrogens (primary N) is 1. The summed E-state index contributed by atoms with van der Waals surface area (Å²) in [7, 11) is 2.17. The standard InChI is InChI=1S/C13H25N3O2/c1-16-6-3-11(4-7-16)2-5-15-12(17)13(8-14)9-18-10-13/h11H,2-10,14H2,1H3,(H,15,17). The number of carbonyl (C=O) groups is 1. The maximum absolute atomic E-state index is 12.0. The van der Waals surface area contributed by atoms with Crippen LogP contribution in [-0.4, -0.2) is 57.2 Å². The number of hydrogen-bond acceptors (Lipinski definition) is 4. The van der Waals surface area contributed by atoms with Gasteiger partial charge in [-0.1, -0.05) is 0 Å². The van der Waals surface area contributed by atoms with Crippen LogP contribution in [0, 0.1) is 11.3 Å². The van der Waals surface area contributed by atoms with Gasteiger partial charge in [0.05, 0.1) is 13.2 Å². The molecule has 0 unspecified atom stereocenters. The predicted molar refractivity (Wildman–Crippen MR) is 70.2 cm³/mol. The molecule has 2 aliphatic heterocycles. The van der Waals surface area contributed by atoms with Crippen molar-refractivity contribution in [3.8, 4) is 0 Å². The molecule has 0 radical (unpaired) electrons. The van der Waals surface area contributed by atoms with Gasteiger partial charge in [0.1, 0.15) is 5.41 Å². The van der Waals surface area contributed by atoms with E-state index in [1.54, 1.807) is 0 Å². The molecule has 18 heavy (non-hydrogen) atoms. The monoisotopic (exact) mass is 255 g/mol. The Bertz CT molecular complexity index is 278. The molecule has 0 bridgehead atoms. The minimum Gasteiger partial charge on any atom is -0.379 e. The van der Waals surface area contributed by atoms with Crippen LogP contribution in [0.2, 0.25) is 0 Å². The lowest BCUT2D eigenvalue weighted by Crippen LogP contribution is -2.58. The fourth-order valence-electron chi connectivity index (χ4n) is 2.62. The van der Waals surface area contributed by atoms with Gasteiger partial charge in [0.15, 0.2) is 0 Å². The molecule has 2 fully saturated rings. The van der Waals surface area contributed by atoms with Crippen LogP contribution in [0.25, 0.3) is 0 Å². The Labute approximate surface area is 109 Å². The van der Waals surface area contributed by atoms with E-state index in [1.165, 1.54) is 25.9 Å². The van der Waals surface area contributed by atoms with Crippen molar-refractivity contribution in [2.75, 3.05) is 46.4 Å². The van der Waals surface area contributed by atoms with Crippen molar-refractivity contribution in [3.63, 3.8) is 0 Å². The van der Waals surface area contributed by atoms with E-state index in [0.29, 0.717) is 19.8 Å². The third-order valence-electron chi connectivity index (χ3n) is 4.31. The van der Waals surface area contributed by atoms with Gasteiger partial charge >= 0.3 is 0 Å². The number of piperidine rings is 1. The van der Waals surface area contributed by atoms with Crippen LogP contribution in [0.3, 0.4) is 0 Å². The van der Waals surface area contributed by atoms with Gasteiger partial charge in [-0.25, -0.2) is 0 Å². The van der Waals surface area contributed by atoms with E-state index in [9.17, 15) is 4.79 Å². The molecule has 0 aromatic heterocycles. The van der Waals surface area contributed by atoms with Crippen molar-refractivity contribution in [1.29, 1.82) is 0 Å². The highest BCUT2D eigenvalue weighted by Crippen LogP contribution is 2.26. The van der Waals surface area contributed by atoms with Crippen LogP contribution in [0.15, 0.2) is 0 Å². The topological polar surface area (TPSA) is 67.6 Å². The summed E-state index contributed by atoms with van der Waals surface area (Å²) < 4.78 is 5.11. The zero-order chi connectivity index (χ0) is 13.0. The smallest absolute Gasteiger partial charge is 0.232 e. The van der Waals surface area contributed by atoms with Gasteiger partial charge < -0.3 is 20.7 Å². The Morgan fingerprint density at radius 1 is 1.44 bits per heavy atom. The van der Waals surface area contributed by atoms with E-state index >= 15 is 0 Å². The summed E-state index contributed by atoms with van der Waals surface area (Å²) in [5.41, 5.74) is 5.22. The third-order valence-corrected chi connectivity index (χ3v) is 4.31. The molecule has 2 aliphatic rings. The van der Waals surface area contributed by atoms with Gasteiger partial charge in [-0.3, -0.25) is 4.79 Å². The van der Waals surface area contributed by atoms with Crippen molar-refractivity contribution in [1.82, 2.24) is 10.2 Å². The molecule has 0 spiro atoms. The first-order valence-electron chi connectivity index (χ1n) is 6.91. The molecule has 0 atom stereocenters. The second-order valence-corrected chi connectivity index (χ2v) is 5.77. The Hall–Kier alpha value is -0.650. The number of hydrogen-bond donors (Lipinski definition) is 2. The van der Waals surface area contributed by atoms with E-state index in [4.69, 9.17) is 10.5 Å². The third kappa shape index (κ3) is 3.02. The van der Waals surface area contributed by atoms with Crippen molar-refractivity contribution in [3.05, 3.63) is 0 Å². The van der Waals surface area contributed by atoms with Crippen LogP contribution in [0.1, 0.15) is 19.3 Å². The Morgan fingerprint density at radius 3 is 2.61 bits per heavy atom. The number of likely N-dealkylation sites (tertiary alicyclic amines) is 1. The summed E-state index contributed by atoms with van der Waals surface area (Å²) in [4.78, 5) is 14.4. The molecule has 104 valence electrons. The molecular weight excluding hydrogens is 230 g/mol. The molecule has 3 N–H and O–H groups in total. The minimum atomic E-state index is -0.438. The molecule has 0 saturated carbocycles. The van der Waals surface area contributed by atoms with Crippen molar-refractivity contribution >= 4 is 5.91 Å². The first kappa shape index (κ1) is 13.8. The number of rotatable bonds is 5. The Balaban J connectivity index is 1.64. The van der Waals surface area contributed by atoms with E-state index in [1.807, 2.05) is 0 Å². The average Bonchev–Trinajstić information content (AvgIpc) is 2.31. The Kier molecular flexibility index (Phi) is 4.59. The van der Waals surface area contributed by atoms with E-state index < -0.39 is 5.41 Å². The molecule has 5 nitrogen and oxygen atoms in total. The first-order chi connectivity index (χ1) is 8.66. The highest BCUT2D eigenvalue weighted by Gasteiger charge is 2.44. The number of nitrogens with one attached hydrogen (secondary N) is 1. The van der Waals surface area contributed by atoms with Crippen LogP contribution in [0.5, 0.6) is 0 Å². The second-order valence-electron chi connectivity index (χ2n) is 5.77. The predicted octanol–water partition coefficient (Wildman–Crippen LogP) is -0.190. The van der Waals surface area contributed by atoms with Crippen molar-refractivity contribution < 1.29 is 9.53 Å². The molecule has 2 heterocycles. The minimum absolute atomic E-state index is 0.0733. The molecule has 5 heteroatoms. The summed E-state index contributed by atoms with van der Waals surface area (Å²) in [5.74, 6) is 0.831. The normalized spacial score (nSPS) is 24.6. The Morgan fingerprint density at radius 2 is 2.11 bits per heavy atom. The zero-order valence-electron chi connectivity index (χ0n) is 11.3. The fourth-order valence-corrected chi connectivity index (χ4v) is 2.62. The van der Waals surface area contributed by atoms with Crippen LogP contribution in [-0.2, 0) is 9.53 Å². The molecule has 0 aliphatic carbocycles. The molecule has 1 amide bonds. The highest BCUT2D eigenvalue weighted by molar-refractivity contribution is 5.84. The van der Waals surface area contributed by atoms with Gasteiger partial charge in [0.2, 0.25) is 5.91 Å². The van der Waals surface area contributed by atoms with Crippen molar-refractivity contribution in [2.45, 2.75) is 19.3 Å². The number of ether oxygens (including phenoxy) is 1. The van der Waals surface area contributed by atoms with Gasteiger partial charge in [0.25, 0.3) is 0 Å². The summed E-state index contributed by atoms with van der Waals surface area (Å²) in [6.45, 7) is 4.47. The van der Waals surface area contributed by atoms with Crippen LogP contribution in [0.4, 0.5) is 0 Å². The van der Waals surface area contributed by atoms with Gasteiger partial charge in [-0.2, -0.15) is 0 Å². The summed E-state index contributed by atoms with van der Waals surface area (Å²) in [6, 6.07) is 0. The summed E-state index contributed by atoms with van der Waals surface area (Å²) >= 11 is 0. The average molecular weight is 255 g/mol. The number of nitrogens with zero attached hydrogens (tertiary/aromatic N) is 1. The maximum atomic E-state index is 12.0. The SMILES string of the molecule is CN1CCC(CCNC(=O)C2(CN)COC2)CC1. The fraction of sp³-hybridized carbons (Fsp3) is 0.923. The lowest BCUT2D eigenvalue weighted by molar-refractivity contribution is -0.159. The van der Waals surface area contributed by atoms with E-state index in [-0.39, 0.29) is 5.91 Å².